The normalized spacial score (nSPS) is 12.2. The molecule has 0 fully saturated rings. The summed E-state index contributed by atoms with van der Waals surface area (Å²) in [7, 11) is 1.61. The van der Waals surface area contributed by atoms with E-state index in [0.717, 1.165) is 12.5 Å². The van der Waals surface area contributed by atoms with Gasteiger partial charge in [-0.3, -0.25) is 10.1 Å². The largest absolute Gasteiger partial charge is 0.385 e. The lowest BCUT2D eigenvalue weighted by atomic mass is 10.2. The SMILES string of the molecule is COCCC(C)Nc1ccc(F)c([N+](=O)[O-])c1. The van der Waals surface area contributed by atoms with Crippen molar-refractivity contribution in [1.82, 2.24) is 0 Å². The third kappa shape index (κ3) is 3.99. The van der Waals surface area contributed by atoms with Gasteiger partial charge < -0.3 is 10.1 Å². The lowest BCUT2D eigenvalue weighted by molar-refractivity contribution is -0.387. The molecule has 0 saturated carbocycles. The maximum absolute atomic E-state index is 13.1. The number of nitro groups is 1. The van der Waals surface area contributed by atoms with Crippen molar-refractivity contribution in [2.24, 2.45) is 0 Å². The van der Waals surface area contributed by atoms with Crippen molar-refractivity contribution in [2.75, 3.05) is 19.0 Å². The molecular weight excluding hydrogens is 227 g/mol. The Bertz CT molecular complexity index is 398. The molecule has 6 heteroatoms. The van der Waals surface area contributed by atoms with E-state index in [0.29, 0.717) is 12.3 Å². The van der Waals surface area contributed by atoms with Crippen LogP contribution in [0, 0.1) is 15.9 Å². The molecule has 94 valence electrons. The lowest BCUT2D eigenvalue weighted by Crippen LogP contribution is -2.17. The van der Waals surface area contributed by atoms with Crippen molar-refractivity contribution in [3.8, 4) is 0 Å². The highest BCUT2D eigenvalue weighted by Crippen LogP contribution is 2.22. The Balaban J connectivity index is 2.72. The van der Waals surface area contributed by atoms with Crippen LogP contribution in [0.15, 0.2) is 18.2 Å². The number of methoxy groups -OCH3 is 1. The molecule has 1 aromatic carbocycles. The molecule has 1 atom stereocenters. The van der Waals surface area contributed by atoms with Crippen LogP contribution in [0.5, 0.6) is 0 Å². The van der Waals surface area contributed by atoms with Crippen LogP contribution in [0.2, 0.25) is 0 Å². The minimum absolute atomic E-state index is 0.0972. The van der Waals surface area contributed by atoms with Gasteiger partial charge >= 0.3 is 5.69 Å². The number of hydrogen-bond acceptors (Lipinski definition) is 4. The van der Waals surface area contributed by atoms with Gasteiger partial charge in [0.1, 0.15) is 0 Å². The summed E-state index contributed by atoms with van der Waals surface area (Å²) >= 11 is 0. The Labute approximate surface area is 98.7 Å². The lowest BCUT2D eigenvalue weighted by Gasteiger charge is -2.14. The molecule has 1 rings (SSSR count). The maximum atomic E-state index is 13.1. The number of nitrogens with one attached hydrogen (secondary N) is 1. The Morgan fingerprint density at radius 1 is 1.59 bits per heavy atom. The summed E-state index contributed by atoms with van der Waals surface area (Å²) in [4.78, 5) is 9.81. The van der Waals surface area contributed by atoms with Gasteiger partial charge in [0, 0.05) is 31.5 Å². The third-order valence-electron chi connectivity index (χ3n) is 2.31. The number of nitrogens with zero attached hydrogens (tertiary/aromatic N) is 1. The van der Waals surface area contributed by atoms with Crippen LogP contribution >= 0.6 is 0 Å². The highest BCUT2D eigenvalue weighted by Gasteiger charge is 2.14. The van der Waals surface area contributed by atoms with Gasteiger partial charge in [0.25, 0.3) is 0 Å². The minimum atomic E-state index is -0.829. The van der Waals surface area contributed by atoms with E-state index in [1.54, 1.807) is 7.11 Å². The number of ether oxygens (including phenoxy) is 1. The summed E-state index contributed by atoms with van der Waals surface area (Å²) in [5.41, 5.74) is 0.00986. The fourth-order valence-corrected chi connectivity index (χ4v) is 1.39. The van der Waals surface area contributed by atoms with Gasteiger partial charge in [0.05, 0.1) is 4.92 Å². The van der Waals surface area contributed by atoms with E-state index >= 15 is 0 Å². The van der Waals surface area contributed by atoms with E-state index in [1.165, 1.54) is 12.1 Å². The standard InChI is InChI=1S/C11H15FN2O3/c1-8(5-6-17-2)13-9-3-4-10(12)11(7-9)14(15)16/h3-4,7-8,13H,5-6H2,1-2H3. The van der Waals surface area contributed by atoms with Gasteiger partial charge in [-0.15, -0.1) is 0 Å². The first-order chi connectivity index (χ1) is 8.04. The van der Waals surface area contributed by atoms with Crippen molar-refractivity contribution in [3.05, 3.63) is 34.1 Å². The molecule has 0 aliphatic rings. The predicted octanol–water partition coefficient (Wildman–Crippen LogP) is 2.57. The van der Waals surface area contributed by atoms with E-state index < -0.39 is 16.4 Å². The molecule has 0 amide bonds. The van der Waals surface area contributed by atoms with Crippen molar-refractivity contribution in [2.45, 2.75) is 19.4 Å². The molecule has 1 aromatic rings. The molecule has 1 N–H and O–H groups in total. The Morgan fingerprint density at radius 3 is 2.88 bits per heavy atom. The number of rotatable bonds is 6. The van der Waals surface area contributed by atoms with Gasteiger partial charge in [-0.2, -0.15) is 4.39 Å². The Morgan fingerprint density at radius 2 is 2.29 bits per heavy atom. The fourth-order valence-electron chi connectivity index (χ4n) is 1.39. The molecular formula is C11H15FN2O3. The molecule has 17 heavy (non-hydrogen) atoms. The topological polar surface area (TPSA) is 64.4 Å². The van der Waals surface area contributed by atoms with E-state index in [-0.39, 0.29) is 6.04 Å². The second kappa shape index (κ2) is 6.15. The van der Waals surface area contributed by atoms with Gasteiger partial charge in [-0.05, 0) is 25.5 Å². The maximum Gasteiger partial charge on any atom is 0.306 e. The number of halogens is 1. The molecule has 1 unspecified atom stereocenters. The minimum Gasteiger partial charge on any atom is -0.385 e. The van der Waals surface area contributed by atoms with Crippen LogP contribution in [0.3, 0.4) is 0 Å². The molecule has 0 aliphatic carbocycles. The van der Waals surface area contributed by atoms with E-state index in [9.17, 15) is 14.5 Å². The van der Waals surface area contributed by atoms with Gasteiger partial charge in [0.2, 0.25) is 5.82 Å². The summed E-state index contributed by atoms with van der Waals surface area (Å²) < 4.78 is 18.0. The summed E-state index contributed by atoms with van der Waals surface area (Å²) in [6.45, 7) is 2.52. The number of benzene rings is 1. The van der Waals surface area contributed by atoms with Crippen LogP contribution in [-0.2, 0) is 4.74 Å². The summed E-state index contributed by atoms with van der Waals surface area (Å²) in [5, 5.41) is 13.6. The zero-order chi connectivity index (χ0) is 12.8. The summed E-state index contributed by atoms with van der Waals surface area (Å²) in [5.74, 6) is -0.829. The first-order valence-corrected chi connectivity index (χ1v) is 5.24. The second-order valence-corrected chi connectivity index (χ2v) is 3.75. The van der Waals surface area contributed by atoms with Gasteiger partial charge in [0.15, 0.2) is 0 Å². The smallest absolute Gasteiger partial charge is 0.306 e. The fraction of sp³-hybridized carbons (Fsp3) is 0.455. The monoisotopic (exact) mass is 242 g/mol. The number of anilines is 1. The Kier molecular flexibility index (Phi) is 4.84. The van der Waals surface area contributed by atoms with Gasteiger partial charge in [-0.25, -0.2) is 0 Å². The van der Waals surface area contributed by atoms with Crippen molar-refractivity contribution in [3.63, 3.8) is 0 Å². The summed E-state index contributed by atoms with van der Waals surface area (Å²) in [6, 6.07) is 3.85. The predicted molar refractivity (Wildman–Crippen MR) is 62.6 cm³/mol. The molecule has 0 saturated heterocycles. The van der Waals surface area contributed by atoms with E-state index in [2.05, 4.69) is 5.32 Å². The van der Waals surface area contributed by atoms with Crippen LogP contribution in [0.4, 0.5) is 15.8 Å². The quantitative estimate of drug-likeness (QED) is 0.615. The molecule has 0 bridgehead atoms. The van der Waals surface area contributed by atoms with Crippen molar-refractivity contribution in [1.29, 1.82) is 0 Å². The van der Waals surface area contributed by atoms with Crippen LogP contribution in [-0.4, -0.2) is 24.7 Å². The zero-order valence-electron chi connectivity index (χ0n) is 9.77. The van der Waals surface area contributed by atoms with E-state index in [1.807, 2.05) is 6.92 Å². The van der Waals surface area contributed by atoms with Gasteiger partial charge in [-0.1, -0.05) is 0 Å². The molecule has 5 nitrogen and oxygen atoms in total. The third-order valence-corrected chi connectivity index (χ3v) is 2.31. The Hall–Kier alpha value is -1.69. The first kappa shape index (κ1) is 13.4. The highest BCUT2D eigenvalue weighted by molar-refractivity contribution is 5.52. The van der Waals surface area contributed by atoms with Crippen molar-refractivity contribution >= 4 is 11.4 Å². The van der Waals surface area contributed by atoms with Crippen LogP contribution < -0.4 is 5.32 Å². The second-order valence-electron chi connectivity index (χ2n) is 3.75. The van der Waals surface area contributed by atoms with Crippen LogP contribution in [0.1, 0.15) is 13.3 Å². The molecule has 0 heterocycles. The average molecular weight is 242 g/mol. The van der Waals surface area contributed by atoms with Crippen molar-refractivity contribution < 1.29 is 14.1 Å². The number of hydrogen-bond donors (Lipinski definition) is 1. The summed E-state index contributed by atoms with van der Waals surface area (Å²) in [6.07, 6.45) is 0.766. The molecule has 0 aliphatic heterocycles. The average Bonchev–Trinajstić information content (AvgIpc) is 2.28. The van der Waals surface area contributed by atoms with E-state index in [4.69, 9.17) is 4.74 Å². The molecule has 0 aromatic heterocycles. The molecule has 0 radical (unpaired) electrons. The first-order valence-electron chi connectivity index (χ1n) is 5.24. The molecule has 0 spiro atoms. The highest BCUT2D eigenvalue weighted by atomic mass is 19.1. The number of nitro benzene ring substituents is 1. The van der Waals surface area contributed by atoms with Crippen LogP contribution in [0.25, 0.3) is 0 Å². The zero-order valence-corrected chi connectivity index (χ0v) is 9.77.